The number of rotatable bonds is 23. The average Bonchev–Trinajstić information content (AvgIpc) is 3.95. The van der Waals surface area contributed by atoms with E-state index in [0.29, 0.717) is 28.4 Å². The van der Waals surface area contributed by atoms with Gasteiger partial charge in [-0.15, -0.1) is 0 Å². The van der Waals surface area contributed by atoms with E-state index in [2.05, 4.69) is 94.7 Å². The van der Waals surface area contributed by atoms with Crippen molar-refractivity contribution in [3.63, 3.8) is 0 Å². The largest absolute Gasteiger partial charge is 0.497 e. The molecule has 0 spiro atoms. The van der Waals surface area contributed by atoms with E-state index in [9.17, 15) is 10.1 Å². The van der Waals surface area contributed by atoms with Crippen LogP contribution < -0.4 is 19.5 Å². The zero-order valence-electron chi connectivity index (χ0n) is 43.1. The smallest absolute Gasteiger partial charge is 0.263 e. The van der Waals surface area contributed by atoms with E-state index in [4.69, 9.17) is 47.1 Å². The highest BCUT2D eigenvalue weighted by molar-refractivity contribution is 7.44. The number of anilines is 1. The van der Waals surface area contributed by atoms with Gasteiger partial charge in [0.25, 0.3) is 14.4 Å². The molecule has 1 unspecified atom stereocenters. The maximum absolute atomic E-state index is 13.3. The number of imidazole rings is 1. The number of amides is 1. The van der Waals surface area contributed by atoms with Crippen LogP contribution in [0, 0.1) is 11.3 Å². The second kappa shape index (κ2) is 23.8. The van der Waals surface area contributed by atoms with Gasteiger partial charge in [0.05, 0.1) is 46.3 Å². The third kappa shape index (κ3) is 12.2. The van der Waals surface area contributed by atoms with Crippen molar-refractivity contribution in [1.29, 1.82) is 5.26 Å². The lowest BCUT2D eigenvalue weighted by atomic mass is 9.80. The summed E-state index contributed by atoms with van der Waals surface area (Å²) in [6, 6.07) is 37.2. The Labute approximate surface area is 426 Å². The summed E-state index contributed by atoms with van der Waals surface area (Å²) in [5.74, 6) is 1.74. The lowest BCUT2D eigenvalue weighted by molar-refractivity contribution is -0.118. The highest BCUT2D eigenvalue weighted by Gasteiger charge is 2.54. The molecule has 0 radical (unpaired) electrons. The van der Waals surface area contributed by atoms with Crippen molar-refractivity contribution >= 4 is 39.7 Å². The number of fused-ring (bicyclic) bond motifs is 1. The molecule has 72 heavy (non-hydrogen) atoms. The number of carbonyl (C=O) groups is 1. The zero-order valence-corrected chi connectivity index (χ0v) is 45.0. The molecule has 4 aromatic carbocycles. The minimum atomic E-state index is -2.67. The minimum Gasteiger partial charge on any atom is -0.497 e. The molecule has 1 aliphatic rings. The van der Waals surface area contributed by atoms with Crippen molar-refractivity contribution < 1.29 is 42.0 Å². The van der Waals surface area contributed by atoms with Gasteiger partial charge in [-0.25, -0.2) is 19.6 Å². The van der Waals surface area contributed by atoms with Crippen LogP contribution in [0.1, 0.15) is 77.8 Å². The van der Waals surface area contributed by atoms with Gasteiger partial charge in [-0.3, -0.25) is 9.36 Å². The summed E-state index contributed by atoms with van der Waals surface area (Å²) in [4.78, 5) is 27.3. The second-order valence-electron chi connectivity index (χ2n) is 19.5. The summed E-state index contributed by atoms with van der Waals surface area (Å²) in [5, 5.41) is 12.3. The van der Waals surface area contributed by atoms with E-state index in [1.54, 1.807) is 32.7 Å². The molecule has 0 aliphatic carbocycles. The van der Waals surface area contributed by atoms with Gasteiger partial charge < -0.3 is 42.5 Å². The first-order valence-electron chi connectivity index (χ1n) is 24.2. The first-order valence-corrected chi connectivity index (χ1v) is 28.3. The van der Waals surface area contributed by atoms with Gasteiger partial charge in [0, 0.05) is 12.1 Å². The maximum Gasteiger partial charge on any atom is 0.263 e. The maximum atomic E-state index is 13.3. The molecule has 3 heterocycles. The third-order valence-electron chi connectivity index (χ3n) is 13.0. The molecule has 5 atom stereocenters. The quantitative estimate of drug-likeness (QED) is 0.0278. The van der Waals surface area contributed by atoms with Gasteiger partial charge in [0.2, 0.25) is 0 Å². The number of hydrogen-bond acceptors (Lipinski definition) is 14. The number of para-hydroxylation sites is 1. The van der Waals surface area contributed by atoms with Crippen molar-refractivity contribution in [1.82, 2.24) is 24.2 Å². The molecule has 2 aromatic heterocycles. The standard InChI is InChI=1S/C54H68N7O9PSi/c1-37(2)61(38(3)4)71(67-32-18-31-55)69-48-45(33-66-54(39-19-14-12-15-20-39,40-23-27-42(63-8)28-24-40)41-25-29-43(64-9)30-26-41)68-52(49(48)70-72(10,11)53(5,6)7)60-36-58-47-50(56-35-57-51(47)60)59-46(62)34-65-44-21-16-13-17-22-44/h12-17,19-30,35-38,45,48-49,52H,18,32-34H2,1-11H3,(H,56,57,59,62)/t45-,48-,49-,52-,71?/m1/s1. The SMILES string of the molecule is COc1ccc(C(OC[C@H]2O[C@@H](n3cnc4c(NC(=O)COc5ccccc5)ncnc43)[C@H](O[Si](C)(C)C(C)(C)C)[C@@H]2OP(OCCC#N)N(C(C)C)C(C)C)(c2ccccc2)c2ccc(OC)cc2)cc1. The van der Waals surface area contributed by atoms with E-state index in [1.807, 2.05) is 89.5 Å². The van der Waals surface area contributed by atoms with Crippen molar-refractivity contribution in [3.8, 4) is 23.3 Å². The van der Waals surface area contributed by atoms with Crippen LogP contribution in [0.3, 0.4) is 0 Å². The first kappa shape index (κ1) is 54.0. The number of carbonyl (C=O) groups excluding carboxylic acids is 1. The number of hydrogen-bond donors (Lipinski definition) is 1. The summed E-state index contributed by atoms with van der Waals surface area (Å²) in [7, 11) is -1.22. The van der Waals surface area contributed by atoms with Crippen LogP contribution >= 0.6 is 8.53 Å². The topological polar surface area (TPSA) is 174 Å². The second-order valence-corrected chi connectivity index (χ2v) is 25.7. The van der Waals surface area contributed by atoms with Crippen LogP contribution in [-0.2, 0) is 33.3 Å². The van der Waals surface area contributed by atoms with E-state index >= 15 is 0 Å². The Kier molecular flexibility index (Phi) is 17.9. The zero-order chi connectivity index (χ0) is 51.6. The van der Waals surface area contributed by atoms with E-state index in [-0.39, 0.29) is 49.2 Å². The van der Waals surface area contributed by atoms with Crippen LogP contribution in [-0.4, -0.2) is 103 Å². The number of ether oxygens (including phenoxy) is 5. The Balaban J connectivity index is 1.38. The fourth-order valence-electron chi connectivity index (χ4n) is 8.48. The molecule has 1 aliphatic heterocycles. The highest BCUT2D eigenvalue weighted by atomic mass is 31.2. The highest BCUT2D eigenvalue weighted by Crippen LogP contribution is 2.53. The van der Waals surface area contributed by atoms with Crippen LogP contribution in [0.15, 0.2) is 122 Å². The Morgan fingerprint density at radius 3 is 1.96 bits per heavy atom. The molecule has 1 saturated heterocycles. The predicted molar refractivity (Wildman–Crippen MR) is 280 cm³/mol. The molecule has 1 fully saturated rings. The molecule has 6 aromatic rings. The van der Waals surface area contributed by atoms with E-state index in [0.717, 1.165) is 16.7 Å². The van der Waals surface area contributed by atoms with Crippen molar-refractivity contribution in [2.24, 2.45) is 0 Å². The molecule has 16 nitrogen and oxygen atoms in total. The molecular formula is C54H68N7O9PSi. The Morgan fingerprint density at radius 2 is 1.40 bits per heavy atom. The summed E-state index contributed by atoms with van der Waals surface area (Å²) in [5.41, 5.74) is 2.09. The normalized spacial score (nSPS) is 17.8. The minimum absolute atomic E-state index is 0.00247. The molecular weight excluding hydrogens is 950 g/mol. The molecule has 1 N–H and O–H groups in total. The van der Waals surface area contributed by atoms with E-state index < -0.39 is 52.9 Å². The monoisotopic (exact) mass is 1020 g/mol. The van der Waals surface area contributed by atoms with Crippen LogP contribution in [0.4, 0.5) is 5.82 Å². The molecule has 382 valence electrons. The fraction of sp³-hybridized carbons (Fsp3) is 0.426. The Morgan fingerprint density at radius 1 is 0.819 bits per heavy atom. The van der Waals surface area contributed by atoms with Crippen molar-refractivity contribution in [3.05, 3.63) is 139 Å². The summed E-state index contributed by atoms with van der Waals surface area (Å²) in [6.07, 6.45) is -0.138. The number of nitrogens with one attached hydrogen (secondary N) is 1. The molecule has 18 heteroatoms. The number of aromatic nitrogens is 4. The van der Waals surface area contributed by atoms with Crippen molar-refractivity contribution in [2.45, 2.75) is 115 Å². The van der Waals surface area contributed by atoms with Gasteiger partial charge >= 0.3 is 0 Å². The predicted octanol–water partition coefficient (Wildman–Crippen LogP) is 10.8. The average molecular weight is 1020 g/mol. The molecule has 7 rings (SSSR count). The Bertz CT molecular complexity index is 2660. The lowest BCUT2D eigenvalue weighted by Gasteiger charge is -2.42. The molecule has 0 bridgehead atoms. The lowest BCUT2D eigenvalue weighted by Crippen LogP contribution is -2.50. The number of benzene rings is 4. The molecule has 0 saturated carbocycles. The van der Waals surface area contributed by atoms with Crippen molar-refractivity contribution in [2.75, 3.05) is 39.4 Å². The fourth-order valence-corrected chi connectivity index (χ4v) is 11.5. The number of nitriles is 1. The van der Waals surface area contributed by atoms with Gasteiger partial charge in [-0.2, -0.15) is 5.26 Å². The van der Waals surface area contributed by atoms with Gasteiger partial charge in [-0.05, 0) is 98.9 Å². The van der Waals surface area contributed by atoms with Crippen LogP contribution in [0.25, 0.3) is 11.2 Å². The van der Waals surface area contributed by atoms with Gasteiger partial charge in [0.1, 0.15) is 47.5 Å². The number of methoxy groups -OCH3 is 2. The summed E-state index contributed by atoms with van der Waals surface area (Å²) in [6.45, 7) is 19.2. The third-order valence-corrected chi connectivity index (χ3v) is 19.6. The van der Waals surface area contributed by atoms with E-state index in [1.165, 1.54) is 6.33 Å². The van der Waals surface area contributed by atoms with Gasteiger partial charge in [-0.1, -0.05) is 93.6 Å². The first-order chi connectivity index (χ1) is 34.5. The van der Waals surface area contributed by atoms with Crippen LogP contribution in [0.5, 0.6) is 17.2 Å². The van der Waals surface area contributed by atoms with Gasteiger partial charge in [0.15, 0.2) is 38.1 Å². The summed E-state index contributed by atoms with van der Waals surface area (Å²) >= 11 is 0. The Hall–Kier alpha value is -5.80. The summed E-state index contributed by atoms with van der Waals surface area (Å²) < 4.78 is 57.5. The number of nitrogens with zero attached hydrogens (tertiary/aromatic N) is 6. The van der Waals surface area contributed by atoms with Crippen LogP contribution in [0.2, 0.25) is 18.1 Å². The molecule has 1 amide bonds.